The first kappa shape index (κ1) is 17.0. The Morgan fingerprint density at radius 1 is 1.24 bits per heavy atom. The number of carbonyl (C=O) groups excluding carboxylic acids is 1. The molecule has 0 saturated heterocycles. The number of carboxylic acid groups (broad SMARTS) is 1. The molecule has 0 unspecified atom stereocenters. The summed E-state index contributed by atoms with van der Waals surface area (Å²) < 4.78 is 10.4. The number of methoxy groups -OCH3 is 1. The molecule has 1 rings (SSSR count). The lowest BCUT2D eigenvalue weighted by molar-refractivity contribution is -0.159. The number of carboxylic acids is 1. The average molecular weight is 294 g/mol. The van der Waals surface area contributed by atoms with Crippen LogP contribution in [-0.2, 0) is 20.7 Å². The first-order chi connectivity index (χ1) is 9.73. The minimum atomic E-state index is -1.02. The molecule has 0 radical (unpaired) electrons. The topological polar surface area (TPSA) is 72.8 Å². The summed E-state index contributed by atoms with van der Waals surface area (Å²) in [7, 11) is 1.53. The second kappa shape index (κ2) is 7.11. The summed E-state index contributed by atoms with van der Waals surface area (Å²) >= 11 is 0. The smallest absolute Gasteiger partial charge is 0.307 e. The van der Waals surface area contributed by atoms with Gasteiger partial charge in [-0.25, -0.2) is 0 Å². The van der Waals surface area contributed by atoms with Crippen molar-refractivity contribution in [3.05, 3.63) is 29.8 Å². The van der Waals surface area contributed by atoms with Crippen LogP contribution < -0.4 is 4.74 Å². The van der Waals surface area contributed by atoms with Crippen LogP contribution in [-0.4, -0.2) is 29.8 Å². The van der Waals surface area contributed by atoms with Crippen molar-refractivity contribution in [1.29, 1.82) is 0 Å². The van der Waals surface area contributed by atoms with Crippen molar-refractivity contribution in [2.75, 3.05) is 7.11 Å². The number of carbonyl (C=O) groups is 2. The number of aliphatic carboxylic acids is 1. The van der Waals surface area contributed by atoms with Crippen molar-refractivity contribution in [2.24, 2.45) is 5.92 Å². The predicted octanol–water partition coefficient (Wildman–Crippen LogP) is 2.67. The fourth-order valence-corrected chi connectivity index (χ4v) is 1.97. The molecule has 0 aliphatic rings. The molecule has 0 aliphatic carbocycles. The molecule has 0 fully saturated rings. The number of hydrogen-bond acceptors (Lipinski definition) is 4. The lowest BCUT2D eigenvalue weighted by Gasteiger charge is -2.21. The van der Waals surface area contributed by atoms with E-state index in [4.69, 9.17) is 9.47 Å². The lowest BCUT2D eigenvalue weighted by atomic mass is 9.95. The molecule has 1 atom stereocenters. The van der Waals surface area contributed by atoms with Gasteiger partial charge in [0.05, 0.1) is 19.4 Å². The maximum Gasteiger partial charge on any atom is 0.307 e. The van der Waals surface area contributed by atoms with E-state index in [2.05, 4.69) is 0 Å². The Kier molecular flexibility index (Phi) is 5.76. The Bertz CT molecular complexity index is 502. The highest BCUT2D eigenvalue weighted by atomic mass is 16.6. The minimum Gasteiger partial charge on any atom is -0.496 e. The van der Waals surface area contributed by atoms with E-state index in [9.17, 15) is 14.7 Å². The Labute approximate surface area is 124 Å². The monoisotopic (exact) mass is 294 g/mol. The van der Waals surface area contributed by atoms with Crippen molar-refractivity contribution in [1.82, 2.24) is 0 Å². The maximum absolute atomic E-state index is 11.8. The van der Waals surface area contributed by atoms with Crippen molar-refractivity contribution in [3.63, 3.8) is 0 Å². The van der Waals surface area contributed by atoms with Gasteiger partial charge in [-0.05, 0) is 38.8 Å². The van der Waals surface area contributed by atoms with Gasteiger partial charge >= 0.3 is 11.9 Å². The molecule has 116 valence electrons. The first-order valence-electron chi connectivity index (χ1n) is 6.79. The Morgan fingerprint density at radius 3 is 2.38 bits per heavy atom. The molecule has 5 nitrogen and oxygen atoms in total. The molecule has 0 heterocycles. The van der Waals surface area contributed by atoms with Gasteiger partial charge in [-0.1, -0.05) is 18.2 Å². The van der Waals surface area contributed by atoms with Gasteiger partial charge in [0.25, 0.3) is 0 Å². The third kappa shape index (κ3) is 5.85. The summed E-state index contributed by atoms with van der Waals surface area (Å²) in [6, 6.07) is 7.18. The zero-order valence-electron chi connectivity index (χ0n) is 12.9. The number of ether oxygens (including phenoxy) is 2. The highest BCUT2D eigenvalue weighted by Gasteiger charge is 2.26. The normalized spacial score (nSPS) is 12.6. The lowest BCUT2D eigenvalue weighted by Crippen LogP contribution is -2.28. The SMILES string of the molecule is COc1ccccc1C[C@H](CC(=O)OC(C)(C)C)C(=O)O. The molecule has 1 aromatic carbocycles. The van der Waals surface area contributed by atoms with E-state index >= 15 is 0 Å². The number of benzene rings is 1. The summed E-state index contributed by atoms with van der Waals surface area (Å²) in [6.45, 7) is 5.25. The first-order valence-corrected chi connectivity index (χ1v) is 6.79. The third-order valence-electron chi connectivity index (χ3n) is 2.84. The standard InChI is InChI=1S/C16H22O5/c1-16(2,3)21-14(17)10-12(15(18)19)9-11-7-5-6-8-13(11)20-4/h5-8,12H,9-10H2,1-4H3,(H,18,19)/t12-/m1/s1. The van der Waals surface area contributed by atoms with Gasteiger partial charge in [0, 0.05) is 0 Å². The maximum atomic E-state index is 11.8. The number of rotatable bonds is 6. The van der Waals surface area contributed by atoms with Crippen molar-refractivity contribution < 1.29 is 24.2 Å². The zero-order valence-corrected chi connectivity index (χ0v) is 12.9. The van der Waals surface area contributed by atoms with E-state index in [1.165, 1.54) is 7.11 Å². The van der Waals surface area contributed by atoms with Crippen molar-refractivity contribution in [2.45, 2.75) is 39.2 Å². The van der Waals surface area contributed by atoms with E-state index < -0.39 is 23.5 Å². The van der Waals surface area contributed by atoms with Gasteiger partial charge in [-0.2, -0.15) is 0 Å². The van der Waals surface area contributed by atoms with Crippen LogP contribution in [0.4, 0.5) is 0 Å². The number of hydrogen-bond donors (Lipinski definition) is 1. The van der Waals surface area contributed by atoms with Crippen LogP contribution >= 0.6 is 0 Å². The van der Waals surface area contributed by atoms with Crippen LogP contribution in [0.25, 0.3) is 0 Å². The third-order valence-corrected chi connectivity index (χ3v) is 2.84. The Hall–Kier alpha value is -2.04. The van der Waals surface area contributed by atoms with E-state index in [-0.39, 0.29) is 12.8 Å². The molecule has 5 heteroatoms. The van der Waals surface area contributed by atoms with Crippen LogP contribution in [0.15, 0.2) is 24.3 Å². The molecule has 1 aromatic rings. The van der Waals surface area contributed by atoms with E-state index in [1.807, 2.05) is 12.1 Å². The molecular weight excluding hydrogens is 272 g/mol. The molecule has 0 bridgehead atoms. The molecular formula is C16H22O5. The summed E-state index contributed by atoms with van der Waals surface area (Å²) in [5.74, 6) is -1.75. The number of esters is 1. The fraction of sp³-hybridized carbons (Fsp3) is 0.500. The second-order valence-electron chi connectivity index (χ2n) is 5.84. The Morgan fingerprint density at radius 2 is 1.86 bits per heavy atom. The van der Waals surface area contributed by atoms with Gasteiger partial charge in [-0.15, -0.1) is 0 Å². The van der Waals surface area contributed by atoms with Gasteiger partial charge < -0.3 is 14.6 Å². The Balaban J connectivity index is 2.79. The molecule has 21 heavy (non-hydrogen) atoms. The molecule has 0 saturated carbocycles. The van der Waals surface area contributed by atoms with E-state index in [0.717, 1.165) is 5.56 Å². The highest BCUT2D eigenvalue weighted by Crippen LogP contribution is 2.23. The van der Waals surface area contributed by atoms with E-state index in [0.29, 0.717) is 5.75 Å². The predicted molar refractivity (Wildman–Crippen MR) is 78.3 cm³/mol. The largest absolute Gasteiger partial charge is 0.496 e. The molecule has 0 aromatic heterocycles. The fourth-order valence-electron chi connectivity index (χ4n) is 1.97. The summed E-state index contributed by atoms with van der Waals surface area (Å²) in [6.07, 6.45) is 0.0588. The summed E-state index contributed by atoms with van der Waals surface area (Å²) in [4.78, 5) is 23.2. The van der Waals surface area contributed by atoms with Gasteiger partial charge in [0.2, 0.25) is 0 Å². The van der Waals surface area contributed by atoms with Crippen molar-refractivity contribution in [3.8, 4) is 5.75 Å². The van der Waals surface area contributed by atoms with Crippen LogP contribution in [0.3, 0.4) is 0 Å². The second-order valence-corrected chi connectivity index (χ2v) is 5.84. The van der Waals surface area contributed by atoms with Crippen LogP contribution in [0.1, 0.15) is 32.8 Å². The van der Waals surface area contributed by atoms with Crippen LogP contribution in [0, 0.1) is 5.92 Å². The van der Waals surface area contributed by atoms with Gasteiger partial charge in [0.1, 0.15) is 11.4 Å². The van der Waals surface area contributed by atoms with Crippen molar-refractivity contribution >= 4 is 11.9 Å². The van der Waals surface area contributed by atoms with E-state index in [1.54, 1.807) is 32.9 Å². The average Bonchev–Trinajstić information content (AvgIpc) is 2.36. The minimum absolute atomic E-state index is 0.162. The highest BCUT2D eigenvalue weighted by molar-refractivity contribution is 5.79. The van der Waals surface area contributed by atoms with Gasteiger partial charge in [0.15, 0.2) is 0 Å². The molecule has 0 spiro atoms. The molecule has 1 N–H and O–H groups in total. The van der Waals surface area contributed by atoms with Crippen LogP contribution in [0.5, 0.6) is 5.75 Å². The molecule has 0 amide bonds. The number of para-hydroxylation sites is 1. The molecule has 0 aliphatic heterocycles. The zero-order chi connectivity index (χ0) is 16.0. The van der Waals surface area contributed by atoms with Crippen LogP contribution in [0.2, 0.25) is 0 Å². The summed E-state index contributed by atoms with van der Waals surface area (Å²) in [5.41, 5.74) is 0.140. The summed E-state index contributed by atoms with van der Waals surface area (Å²) in [5, 5.41) is 9.30. The quantitative estimate of drug-likeness (QED) is 0.817. The van der Waals surface area contributed by atoms with Gasteiger partial charge in [-0.3, -0.25) is 9.59 Å².